The van der Waals surface area contributed by atoms with E-state index >= 15 is 0 Å². The van der Waals surface area contributed by atoms with E-state index in [0.29, 0.717) is 19.1 Å². The van der Waals surface area contributed by atoms with E-state index in [1.807, 2.05) is 13.8 Å². The second kappa shape index (κ2) is 6.44. The smallest absolute Gasteiger partial charge is 0.254 e. The third-order valence-corrected chi connectivity index (χ3v) is 2.46. The van der Waals surface area contributed by atoms with Gasteiger partial charge in [-0.3, -0.25) is 4.79 Å². The summed E-state index contributed by atoms with van der Waals surface area (Å²) in [4.78, 5) is 11.7. The molecule has 0 aliphatic rings. The number of benzene rings is 1. The topological polar surface area (TPSA) is 41.1 Å². The van der Waals surface area contributed by atoms with Crippen molar-refractivity contribution in [2.75, 3.05) is 13.1 Å². The summed E-state index contributed by atoms with van der Waals surface area (Å²) in [7, 11) is 0. The van der Waals surface area contributed by atoms with Gasteiger partial charge in [-0.15, -0.1) is 0 Å². The lowest BCUT2D eigenvalue weighted by atomic mass is 10.1. The van der Waals surface area contributed by atoms with Crippen molar-refractivity contribution in [3.63, 3.8) is 0 Å². The number of carbonyl (C=O) groups excluding carboxylic acids is 1. The third kappa shape index (κ3) is 4.07. The van der Waals surface area contributed by atoms with Crippen molar-refractivity contribution in [2.24, 2.45) is 0 Å². The summed E-state index contributed by atoms with van der Waals surface area (Å²) in [6.45, 7) is 6.47. The fourth-order valence-electron chi connectivity index (χ4n) is 1.46. The van der Waals surface area contributed by atoms with E-state index in [9.17, 15) is 13.6 Å². The van der Waals surface area contributed by atoms with Crippen LogP contribution in [0, 0.1) is 18.6 Å². The molecule has 0 aromatic heterocycles. The second-order valence-corrected chi connectivity index (χ2v) is 4.45. The van der Waals surface area contributed by atoms with Crippen molar-refractivity contribution in [1.82, 2.24) is 10.6 Å². The molecule has 18 heavy (non-hydrogen) atoms. The van der Waals surface area contributed by atoms with E-state index in [1.165, 1.54) is 13.0 Å². The normalized spacial score (nSPS) is 10.8. The summed E-state index contributed by atoms with van der Waals surface area (Å²) in [5.74, 6) is -2.01. The van der Waals surface area contributed by atoms with E-state index in [0.717, 1.165) is 6.07 Å². The standard InChI is InChI=1S/C13H18F2N2O/c1-8(2)16-4-5-17-13(18)10-6-9(3)11(14)7-12(10)15/h6-8,16H,4-5H2,1-3H3,(H,17,18). The quantitative estimate of drug-likeness (QED) is 0.791. The fourth-order valence-corrected chi connectivity index (χ4v) is 1.46. The molecule has 0 bridgehead atoms. The highest BCUT2D eigenvalue weighted by Gasteiger charge is 2.13. The predicted molar refractivity (Wildman–Crippen MR) is 66.6 cm³/mol. The number of aryl methyl sites for hydroxylation is 1. The lowest BCUT2D eigenvalue weighted by Gasteiger charge is -2.10. The van der Waals surface area contributed by atoms with Crippen LogP contribution in [0.1, 0.15) is 29.8 Å². The summed E-state index contributed by atoms with van der Waals surface area (Å²) in [5.41, 5.74) is 0.125. The largest absolute Gasteiger partial charge is 0.351 e. The van der Waals surface area contributed by atoms with Crippen LogP contribution in [-0.2, 0) is 0 Å². The maximum atomic E-state index is 13.4. The fraction of sp³-hybridized carbons (Fsp3) is 0.462. The molecule has 0 saturated heterocycles. The minimum absolute atomic E-state index is 0.126. The first-order chi connectivity index (χ1) is 8.41. The van der Waals surface area contributed by atoms with Crippen molar-refractivity contribution in [3.05, 3.63) is 34.9 Å². The lowest BCUT2D eigenvalue weighted by Crippen LogP contribution is -2.35. The highest BCUT2D eigenvalue weighted by Crippen LogP contribution is 2.13. The van der Waals surface area contributed by atoms with Gasteiger partial charge in [-0.25, -0.2) is 8.78 Å². The molecule has 0 radical (unpaired) electrons. The minimum Gasteiger partial charge on any atom is -0.351 e. The number of hydrogen-bond acceptors (Lipinski definition) is 2. The Labute approximate surface area is 106 Å². The van der Waals surface area contributed by atoms with Crippen molar-refractivity contribution in [3.8, 4) is 0 Å². The van der Waals surface area contributed by atoms with Crippen molar-refractivity contribution in [2.45, 2.75) is 26.8 Å². The van der Waals surface area contributed by atoms with Crippen molar-refractivity contribution >= 4 is 5.91 Å². The molecule has 0 fully saturated rings. The Morgan fingerprint density at radius 1 is 1.22 bits per heavy atom. The molecule has 0 aliphatic carbocycles. The minimum atomic E-state index is -0.840. The molecule has 1 aromatic rings. The Kier molecular flexibility index (Phi) is 5.22. The summed E-state index contributed by atoms with van der Waals surface area (Å²) in [6.07, 6.45) is 0. The first-order valence-electron chi connectivity index (χ1n) is 5.89. The molecule has 5 heteroatoms. The van der Waals surface area contributed by atoms with Gasteiger partial charge in [0.2, 0.25) is 0 Å². The Hall–Kier alpha value is -1.49. The van der Waals surface area contributed by atoms with Crippen LogP contribution in [0.4, 0.5) is 8.78 Å². The van der Waals surface area contributed by atoms with Gasteiger partial charge in [-0.05, 0) is 18.6 Å². The van der Waals surface area contributed by atoms with Gasteiger partial charge in [0.1, 0.15) is 11.6 Å². The van der Waals surface area contributed by atoms with Crippen LogP contribution >= 0.6 is 0 Å². The molecule has 0 unspecified atom stereocenters. The lowest BCUT2D eigenvalue weighted by molar-refractivity contribution is 0.0949. The van der Waals surface area contributed by atoms with Crippen LogP contribution in [-0.4, -0.2) is 25.0 Å². The zero-order valence-corrected chi connectivity index (χ0v) is 10.8. The van der Waals surface area contributed by atoms with Crippen LogP contribution in [0.5, 0.6) is 0 Å². The zero-order valence-electron chi connectivity index (χ0n) is 10.8. The van der Waals surface area contributed by atoms with Gasteiger partial charge in [0.25, 0.3) is 5.91 Å². The van der Waals surface area contributed by atoms with Gasteiger partial charge < -0.3 is 10.6 Å². The number of hydrogen-bond donors (Lipinski definition) is 2. The van der Waals surface area contributed by atoms with Gasteiger partial charge in [0.05, 0.1) is 5.56 Å². The highest BCUT2D eigenvalue weighted by atomic mass is 19.1. The molecule has 1 rings (SSSR count). The monoisotopic (exact) mass is 256 g/mol. The van der Waals surface area contributed by atoms with Crippen LogP contribution in [0.3, 0.4) is 0 Å². The average Bonchev–Trinajstić information content (AvgIpc) is 2.28. The zero-order chi connectivity index (χ0) is 13.7. The highest BCUT2D eigenvalue weighted by molar-refractivity contribution is 5.94. The summed E-state index contributed by atoms with van der Waals surface area (Å²) in [6, 6.07) is 2.28. The summed E-state index contributed by atoms with van der Waals surface area (Å²) in [5, 5.41) is 5.70. The molecular weight excluding hydrogens is 238 g/mol. The average molecular weight is 256 g/mol. The number of halogens is 2. The second-order valence-electron chi connectivity index (χ2n) is 4.45. The third-order valence-electron chi connectivity index (χ3n) is 2.46. The molecule has 0 atom stereocenters. The summed E-state index contributed by atoms with van der Waals surface area (Å²) < 4.78 is 26.4. The maximum Gasteiger partial charge on any atom is 0.254 e. The number of carbonyl (C=O) groups is 1. The SMILES string of the molecule is Cc1cc(C(=O)NCCNC(C)C)c(F)cc1F. The molecule has 2 N–H and O–H groups in total. The van der Waals surface area contributed by atoms with Gasteiger partial charge in [0.15, 0.2) is 0 Å². The van der Waals surface area contributed by atoms with Gasteiger partial charge in [-0.1, -0.05) is 13.8 Å². The van der Waals surface area contributed by atoms with E-state index in [-0.39, 0.29) is 11.1 Å². The van der Waals surface area contributed by atoms with Crippen molar-refractivity contribution in [1.29, 1.82) is 0 Å². The molecule has 0 aliphatic heterocycles. The molecule has 0 heterocycles. The number of amides is 1. The van der Waals surface area contributed by atoms with E-state index < -0.39 is 17.5 Å². The van der Waals surface area contributed by atoms with Crippen LogP contribution in [0.25, 0.3) is 0 Å². The Morgan fingerprint density at radius 3 is 2.50 bits per heavy atom. The summed E-state index contributed by atoms with van der Waals surface area (Å²) >= 11 is 0. The molecule has 0 spiro atoms. The van der Waals surface area contributed by atoms with E-state index in [4.69, 9.17) is 0 Å². The Balaban J connectivity index is 2.59. The molecule has 100 valence electrons. The van der Waals surface area contributed by atoms with E-state index in [2.05, 4.69) is 10.6 Å². The molecular formula is C13H18F2N2O. The molecule has 0 saturated carbocycles. The number of nitrogens with one attached hydrogen (secondary N) is 2. The van der Waals surface area contributed by atoms with Gasteiger partial charge >= 0.3 is 0 Å². The van der Waals surface area contributed by atoms with Crippen LogP contribution in [0.2, 0.25) is 0 Å². The van der Waals surface area contributed by atoms with Gasteiger partial charge in [-0.2, -0.15) is 0 Å². The van der Waals surface area contributed by atoms with Crippen LogP contribution < -0.4 is 10.6 Å². The van der Waals surface area contributed by atoms with Crippen molar-refractivity contribution < 1.29 is 13.6 Å². The molecule has 1 aromatic carbocycles. The number of rotatable bonds is 5. The van der Waals surface area contributed by atoms with Gasteiger partial charge in [0, 0.05) is 25.2 Å². The Bertz CT molecular complexity index is 433. The predicted octanol–water partition coefficient (Wildman–Crippen LogP) is 2.00. The molecule has 1 amide bonds. The molecule has 3 nitrogen and oxygen atoms in total. The van der Waals surface area contributed by atoms with Crippen LogP contribution in [0.15, 0.2) is 12.1 Å². The first-order valence-corrected chi connectivity index (χ1v) is 5.89. The van der Waals surface area contributed by atoms with E-state index in [1.54, 1.807) is 0 Å². The maximum absolute atomic E-state index is 13.4. The first kappa shape index (κ1) is 14.6. The Morgan fingerprint density at radius 2 is 1.89 bits per heavy atom.